The summed E-state index contributed by atoms with van der Waals surface area (Å²) in [6, 6.07) is 7.37. The average molecular weight is 283 g/mol. The smallest absolute Gasteiger partial charge is 0.262 e. The normalized spacial score (nSPS) is 13.7. The number of carbonyl (C=O) groups is 1. The van der Waals surface area contributed by atoms with E-state index in [-0.39, 0.29) is 5.91 Å². The second-order valence-electron chi connectivity index (χ2n) is 5.02. The number of aromatic nitrogens is 1. The molecular weight excluding hydrogens is 266 g/mol. The molecule has 0 atom stereocenters. The molecule has 0 spiro atoms. The maximum absolute atomic E-state index is 12.8. The van der Waals surface area contributed by atoms with Gasteiger partial charge >= 0.3 is 0 Å². The van der Waals surface area contributed by atoms with Crippen molar-refractivity contribution < 1.29 is 9.53 Å². The van der Waals surface area contributed by atoms with Crippen LogP contribution in [0.3, 0.4) is 0 Å². The first-order valence-corrected chi connectivity index (χ1v) is 6.89. The van der Waals surface area contributed by atoms with Gasteiger partial charge in [-0.1, -0.05) is 0 Å². The highest BCUT2D eigenvalue weighted by Gasteiger charge is 2.25. The van der Waals surface area contributed by atoms with Gasteiger partial charge in [0, 0.05) is 24.1 Å². The van der Waals surface area contributed by atoms with Gasteiger partial charge < -0.3 is 15.4 Å². The molecule has 108 valence electrons. The van der Waals surface area contributed by atoms with E-state index in [9.17, 15) is 4.79 Å². The molecular formula is C16H17N3O2. The molecule has 0 radical (unpaired) electrons. The minimum atomic E-state index is -0.0695. The number of nitrogens with zero attached hydrogens (tertiary/aromatic N) is 2. The highest BCUT2D eigenvalue weighted by Crippen LogP contribution is 2.31. The third-order valence-corrected chi connectivity index (χ3v) is 3.70. The minimum Gasteiger partial charge on any atom is -0.494 e. The van der Waals surface area contributed by atoms with Gasteiger partial charge in [-0.25, -0.2) is 0 Å². The largest absolute Gasteiger partial charge is 0.494 e. The predicted molar refractivity (Wildman–Crippen MR) is 81.6 cm³/mol. The van der Waals surface area contributed by atoms with Crippen molar-refractivity contribution in [3.05, 3.63) is 47.8 Å². The Bertz CT molecular complexity index is 685. The van der Waals surface area contributed by atoms with Crippen LogP contribution in [-0.4, -0.2) is 24.5 Å². The fraction of sp³-hybridized carbons (Fsp3) is 0.250. The first kappa shape index (κ1) is 13.4. The van der Waals surface area contributed by atoms with E-state index in [4.69, 9.17) is 10.5 Å². The van der Waals surface area contributed by atoms with Gasteiger partial charge in [-0.3, -0.25) is 9.78 Å². The van der Waals surface area contributed by atoms with E-state index in [0.29, 0.717) is 17.9 Å². The Morgan fingerprint density at radius 2 is 2.24 bits per heavy atom. The fourth-order valence-electron chi connectivity index (χ4n) is 2.69. The van der Waals surface area contributed by atoms with Crippen LogP contribution in [-0.2, 0) is 6.42 Å². The Balaban J connectivity index is 2.00. The number of pyridine rings is 1. The summed E-state index contributed by atoms with van der Waals surface area (Å²) in [6.45, 7) is 0.696. The molecule has 2 aromatic rings. The van der Waals surface area contributed by atoms with E-state index in [1.54, 1.807) is 30.5 Å². The van der Waals surface area contributed by atoms with Gasteiger partial charge in [-0.15, -0.1) is 0 Å². The lowest BCUT2D eigenvalue weighted by atomic mass is 10.00. The molecule has 1 aliphatic rings. The molecule has 1 aromatic heterocycles. The lowest BCUT2D eigenvalue weighted by Gasteiger charge is -2.30. The topological polar surface area (TPSA) is 68.5 Å². The van der Waals surface area contributed by atoms with Crippen molar-refractivity contribution in [1.29, 1.82) is 0 Å². The Morgan fingerprint density at radius 1 is 1.38 bits per heavy atom. The van der Waals surface area contributed by atoms with Crippen LogP contribution in [0.1, 0.15) is 22.3 Å². The minimum absolute atomic E-state index is 0.0695. The van der Waals surface area contributed by atoms with E-state index < -0.39 is 0 Å². The Kier molecular flexibility index (Phi) is 3.48. The summed E-state index contributed by atoms with van der Waals surface area (Å²) in [4.78, 5) is 18.6. The zero-order valence-corrected chi connectivity index (χ0v) is 11.9. The summed E-state index contributed by atoms with van der Waals surface area (Å²) in [7, 11) is 1.54. The number of benzene rings is 1. The second-order valence-corrected chi connectivity index (χ2v) is 5.02. The molecule has 0 bridgehead atoms. The van der Waals surface area contributed by atoms with Crippen LogP contribution < -0.4 is 15.4 Å². The van der Waals surface area contributed by atoms with Crippen LogP contribution in [0.5, 0.6) is 5.75 Å². The highest BCUT2D eigenvalue weighted by atomic mass is 16.5. The summed E-state index contributed by atoms with van der Waals surface area (Å²) in [6.07, 6.45) is 5.03. The quantitative estimate of drug-likeness (QED) is 0.858. The number of ether oxygens (including phenoxy) is 1. The summed E-state index contributed by atoms with van der Waals surface area (Å²) in [5.41, 5.74) is 9.12. The van der Waals surface area contributed by atoms with E-state index in [1.165, 1.54) is 0 Å². The van der Waals surface area contributed by atoms with Gasteiger partial charge in [0.05, 0.1) is 18.9 Å². The lowest BCUT2D eigenvalue weighted by molar-refractivity contribution is 0.0982. The van der Waals surface area contributed by atoms with E-state index >= 15 is 0 Å². The highest BCUT2D eigenvalue weighted by molar-refractivity contribution is 6.08. The third-order valence-electron chi connectivity index (χ3n) is 3.70. The zero-order chi connectivity index (χ0) is 14.8. The molecule has 0 fully saturated rings. The van der Waals surface area contributed by atoms with Crippen molar-refractivity contribution in [3.8, 4) is 5.75 Å². The molecule has 1 aliphatic heterocycles. The molecule has 5 heteroatoms. The van der Waals surface area contributed by atoms with Gasteiger partial charge in [0.1, 0.15) is 5.75 Å². The molecule has 0 aliphatic carbocycles. The number of nitrogen functional groups attached to an aromatic ring is 1. The molecule has 0 unspecified atom stereocenters. The van der Waals surface area contributed by atoms with Gasteiger partial charge in [0.25, 0.3) is 5.91 Å². The van der Waals surface area contributed by atoms with E-state index in [1.807, 2.05) is 18.2 Å². The summed E-state index contributed by atoms with van der Waals surface area (Å²) < 4.78 is 5.23. The van der Waals surface area contributed by atoms with E-state index in [0.717, 1.165) is 29.8 Å². The fourth-order valence-corrected chi connectivity index (χ4v) is 2.69. The number of fused-ring (bicyclic) bond motifs is 1. The van der Waals surface area contributed by atoms with Crippen molar-refractivity contribution in [3.63, 3.8) is 0 Å². The van der Waals surface area contributed by atoms with Crippen molar-refractivity contribution in [2.45, 2.75) is 12.8 Å². The molecule has 3 rings (SSSR count). The maximum atomic E-state index is 12.8. The zero-order valence-electron chi connectivity index (χ0n) is 11.9. The van der Waals surface area contributed by atoms with Crippen molar-refractivity contribution in [2.24, 2.45) is 0 Å². The maximum Gasteiger partial charge on any atom is 0.262 e. The SMILES string of the molecule is COc1cnccc1C(=O)N1CCCc2cc(N)ccc21. The molecule has 21 heavy (non-hydrogen) atoms. The number of carbonyl (C=O) groups excluding carboxylic acids is 1. The van der Waals surface area contributed by atoms with Gasteiger partial charge in [-0.2, -0.15) is 0 Å². The summed E-state index contributed by atoms with van der Waals surface area (Å²) in [5.74, 6) is 0.421. The molecule has 1 aromatic carbocycles. The third kappa shape index (κ3) is 2.42. The predicted octanol–water partition coefficient (Wildman–Crippen LogP) is 2.27. The van der Waals surface area contributed by atoms with Gasteiger partial charge in [0.2, 0.25) is 0 Å². The van der Waals surface area contributed by atoms with Crippen LogP contribution in [0.4, 0.5) is 11.4 Å². The van der Waals surface area contributed by atoms with Gasteiger partial charge in [-0.05, 0) is 42.7 Å². The molecule has 5 nitrogen and oxygen atoms in total. The van der Waals surface area contributed by atoms with Crippen LogP contribution in [0.25, 0.3) is 0 Å². The van der Waals surface area contributed by atoms with Crippen LogP contribution in [0, 0.1) is 0 Å². The molecule has 2 N–H and O–H groups in total. The van der Waals surface area contributed by atoms with Gasteiger partial charge in [0.15, 0.2) is 0 Å². The molecule has 2 heterocycles. The number of amides is 1. The van der Waals surface area contributed by atoms with Crippen LogP contribution in [0.15, 0.2) is 36.7 Å². The Morgan fingerprint density at radius 3 is 3.05 bits per heavy atom. The number of nitrogens with two attached hydrogens (primary N) is 1. The van der Waals surface area contributed by atoms with Crippen molar-refractivity contribution >= 4 is 17.3 Å². The monoisotopic (exact) mass is 283 g/mol. The molecule has 0 saturated carbocycles. The summed E-state index contributed by atoms with van der Waals surface area (Å²) in [5, 5.41) is 0. The average Bonchev–Trinajstić information content (AvgIpc) is 2.53. The standard InChI is InChI=1S/C16H17N3O2/c1-21-15-10-18-7-6-13(15)16(20)19-8-2-3-11-9-12(17)4-5-14(11)19/h4-7,9-10H,2-3,8,17H2,1H3. The first-order valence-electron chi connectivity index (χ1n) is 6.89. The number of rotatable bonds is 2. The number of hydrogen-bond donors (Lipinski definition) is 1. The summed E-state index contributed by atoms with van der Waals surface area (Å²) >= 11 is 0. The Hall–Kier alpha value is -2.56. The lowest BCUT2D eigenvalue weighted by Crippen LogP contribution is -2.35. The number of hydrogen-bond acceptors (Lipinski definition) is 4. The van der Waals surface area contributed by atoms with Crippen molar-refractivity contribution in [2.75, 3.05) is 24.3 Å². The number of aryl methyl sites for hydroxylation is 1. The number of anilines is 2. The van der Waals surface area contributed by atoms with Crippen LogP contribution in [0.2, 0.25) is 0 Å². The number of methoxy groups -OCH3 is 1. The first-order chi connectivity index (χ1) is 10.2. The Labute approximate surface area is 123 Å². The second kappa shape index (κ2) is 5.44. The molecule has 1 amide bonds. The van der Waals surface area contributed by atoms with E-state index in [2.05, 4.69) is 4.98 Å². The van der Waals surface area contributed by atoms with Crippen molar-refractivity contribution in [1.82, 2.24) is 4.98 Å². The molecule has 0 saturated heterocycles. The van der Waals surface area contributed by atoms with Crippen LogP contribution >= 0.6 is 0 Å².